The zero-order valence-corrected chi connectivity index (χ0v) is 11.9. The molecule has 7 heteroatoms. The van der Waals surface area contributed by atoms with Crippen LogP contribution in [0.3, 0.4) is 0 Å². The van der Waals surface area contributed by atoms with Crippen molar-refractivity contribution < 1.29 is 9.90 Å². The van der Waals surface area contributed by atoms with Crippen LogP contribution >= 0.6 is 12.2 Å². The molecular weight excluding hydrogens is 276 g/mol. The molecule has 20 heavy (non-hydrogen) atoms. The van der Waals surface area contributed by atoms with Crippen LogP contribution < -0.4 is 0 Å². The lowest BCUT2D eigenvalue weighted by Crippen LogP contribution is -2.04. The molecule has 0 saturated carbocycles. The second-order valence-corrected chi connectivity index (χ2v) is 4.88. The molecule has 1 aromatic carbocycles. The summed E-state index contributed by atoms with van der Waals surface area (Å²) in [6, 6.07) is 6.64. The van der Waals surface area contributed by atoms with Crippen molar-refractivity contribution in [2.45, 2.75) is 19.8 Å². The number of nitrogens with zero attached hydrogens (tertiary/aromatic N) is 3. The Labute approximate surface area is 120 Å². The van der Waals surface area contributed by atoms with E-state index in [0.717, 1.165) is 0 Å². The van der Waals surface area contributed by atoms with E-state index >= 15 is 0 Å². The summed E-state index contributed by atoms with van der Waals surface area (Å²) in [4.78, 5) is 11.1. The Morgan fingerprint density at radius 1 is 1.50 bits per heavy atom. The number of aromatic amines is 1. The summed E-state index contributed by atoms with van der Waals surface area (Å²) >= 11 is 5.11. The first-order valence-electron chi connectivity index (χ1n) is 6.04. The molecule has 0 fully saturated rings. The molecule has 0 aliphatic heterocycles. The summed E-state index contributed by atoms with van der Waals surface area (Å²) < 4.78 is 1.87. The number of carbonyl (C=O) groups is 1. The minimum atomic E-state index is -0.994. The fourth-order valence-electron chi connectivity index (χ4n) is 1.71. The number of aromatic nitrogens is 3. The molecule has 0 atom stereocenters. The van der Waals surface area contributed by atoms with E-state index in [4.69, 9.17) is 17.3 Å². The molecule has 104 valence electrons. The summed E-state index contributed by atoms with van der Waals surface area (Å²) in [6.07, 6.45) is 1.47. The van der Waals surface area contributed by atoms with Crippen LogP contribution in [0.2, 0.25) is 0 Å². The quantitative estimate of drug-likeness (QED) is 0.670. The van der Waals surface area contributed by atoms with Gasteiger partial charge in [0.2, 0.25) is 4.77 Å². The average molecular weight is 290 g/mol. The number of benzene rings is 1. The van der Waals surface area contributed by atoms with Crippen molar-refractivity contribution in [1.82, 2.24) is 14.9 Å². The summed E-state index contributed by atoms with van der Waals surface area (Å²) in [5.74, 6) is -0.152. The van der Waals surface area contributed by atoms with E-state index in [0.29, 0.717) is 16.2 Å². The van der Waals surface area contributed by atoms with Gasteiger partial charge in [0.05, 0.1) is 11.8 Å². The maximum atomic E-state index is 11.1. The van der Waals surface area contributed by atoms with Gasteiger partial charge in [-0.2, -0.15) is 14.9 Å². The normalized spacial score (nSPS) is 11.3. The number of hydrogen-bond donors (Lipinski definition) is 2. The number of carboxylic acids is 1. The summed E-state index contributed by atoms with van der Waals surface area (Å²) in [6.45, 7) is 3.95. The fourth-order valence-corrected chi connectivity index (χ4v) is 1.90. The Hall–Kier alpha value is -2.28. The van der Waals surface area contributed by atoms with Crippen LogP contribution in [0.25, 0.3) is 0 Å². The molecular formula is C13H14N4O2S. The van der Waals surface area contributed by atoms with E-state index < -0.39 is 5.97 Å². The number of aromatic carboxylic acids is 1. The predicted molar refractivity (Wildman–Crippen MR) is 77.9 cm³/mol. The van der Waals surface area contributed by atoms with E-state index in [1.165, 1.54) is 17.0 Å². The maximum absolute atomic E-state index is 11.1. The highest BCUT2D eigenvalue weighted by atomic mass is 32.1. The first kappa shape index (κ1) is 14.1. The van der Waals surface area contributed by atoms with E-state index in [1.54, 1.807) is 18.2 Å². The van der Waals surface area contributed by atoms with Crippen molar-refractivity contribution in [3.8, 4) is 0 Å². The second-order valence-electron chi connectivity index (χ2n) is 4.49. The molecule has 0 bridgehead atoms. The highest BCUT2D eigenvalue weighted by molar-refractivity contribution is 7.71. The van der Waals surface area contributed by atoms with Gasteiger partial charge in [-0.25, -0.2) is 4.79 Å². The third kappa shape index (κ3) is 2.83. The van der Waals surface area contributed by atoms with Gasteiger partial charge in [-0.05, 0) is 18.3 Å². The van der Waals surface area contributed by atoms with Gasteiger partial charge in [-0.15, -0.1) is 0 Å². The lowest BCUT2D eigenvalue weighted by molar-refractivity contribution is 0.0697. The topological polar surface area (TPSA) is 83.3 Å². The van der Waals surface area contributed by atoms with Crippen LogP contribution in [0.4, 0.5) is 0 Å². The first-order chi connectivity index (χ1) is 9.50. The van der Waals surface area contributed by atoms with Crippen molar-refractivity contribution in [1.29, 1.82) is 0 Å². The summed E-state index contributed by atoms with van der Waals surface area (Å²) in [5, 5.41) is 20.1. The Morgan fingerprint density at radius 3 is 2.85 bits per heavy atom. The maximum Gasteiger partial charge on any atom is 0.336 e. The van der Waals surface area contributed by atoms with Gasteiger partial charge in [0, 0.05) is 11.5 Å². The van der Waals surface area contributed by atoms with E-state index in [2.05, 4.69) is 15.3 Å². The minimum absolute atomic E-state index is 0.148. The molecule has 6 nitrogen and oxygen atoms in total. The number of nitrogens with one attached hydrogen (secondary N) is 1. The summed E-state index contributed by atoms with van der Waals surface area (Å²) in [5.41, 5.74) is 0.704. The first-order valence-corrected chi connectivity index (χ1v) is 6.45. The van der Waals surface area contributed by atoms with Crippen LogP contribution in [0.1, 0.15) is 41.5 Å². The Kier molecular flexibility index (Phi) is 4.09. The molecule has 0 aliphatic rings. The molecule has 1 aromatic heterocycles. The third-order valence-corrected chi connectivity index (χ3v) is 2.96. The smallest absolute Gasteiger partial charge is 0.336 e. The average Bonchev–Trinajstić information content (AvgIpc) is 2.78. The molecule has 2 aromatic rings. The van der Waals surface area contributed by atoms with Gasteiger partial charge in [-0.1, -0.05) is 32.0 Å². The predicted octanol–water partition coefficient (Wildman–Crippen LogP) is 2.64. The number of H-pyrrole nitrogens is 1. The van der Waals surface area contributed by atoms with E-state index in [9.17, 15) is 4.79 Å². The Morgan fingerprint density at radius 2 is 2.20 bits per heavy atom. The van der Waals surface area contributed by atoms with Crippen molar-refractivity contribution in [2.75, 3.05) is 0 Å². The SMILES string of the molecule is CC(C)c1n[nH]c(=S)n1/N=C\c1ccccc1C(=O)O. The lowest BCUT2D eigenvalue weighted by Gasteiger charge is -2.03. The zero-order chi connectivity index (χ0) is 14.7. The van der Waals surface area contributed by atoms with Crippen molar-refractivity contribution in [3.63, 3.8) is 0 Å². The standard InChI is InChI=1S/C13H14N4O2S/c1-8(2)11-15-16-13(20)17(11)14-7-9-5-3-4-6-10(9)12(18)19/h3-8H,1-2H3,(H,16,20)(H,18,19)/b14-7-. The van der Waals surface area contributed by atoms with Gasteiger partial charge in [0.1, 0.15) is 0 Å². The number of rotatable bonds is 4. The molecule has 0 spiro atoms. The third-order valence-electron chi connectivity index (χ3n) is 2.70. The Balaban J connectivity index is 2.43. The van der Waals surface area contributed by atoms with Gasteiger partial charge in [0.15, 0.2) is 5.82 Å². The van der Waals surface area contributed by atoms with Crippen molar-refractivity contribution in [3.05, 3.63) is 46.0 Å². The molecule has 0 saturated heterocycles. The van der Waals surface area contributed by atoms with Crippen LogP contribution in [0.15, 0.2) is 29.4 Å². The second kappa shape index (κ2) is 5.79. The highest BCUT2D eigenvalue weighted by Crippen LogP contribution is 2.12. The lowest BCUT2D eigenvalue weighted by atomic mass is 10.1. The molecule has 0 unspecified atom stereocenters. The number of hydrogen-bond acceptors (Lipinski definition) is 4. The fraction of sp³-hybridized carbons (Fsp3) is 0.231. The molecule has 1 heterocycles. The van der Waals surface area contributed by atoms with Gasteiger partial charge in [0.25, 0.3) is 0 Å². The van der Waals surface area contributed by atoms with E-state index in [-0.39, 0.29) is 11.5 Å². The molecule has 2 rings (SSSR count). The van der Waals surface area contributed by atoms with Crippen LogP contribution in [0, 0.1) is 4.77 Å². The van der Waals surface area contributed by atoms with Crippen molar-refractivity contribution in [2.24, 2.45) is 5.10 Å². The molecule has 2 N–H and O–H groups in total. The molecule has 0 aliphatic carbocycles. The van der Waals surface area contributed by atoms with Gasteiger partial charge >= 0.3 is 5.97 Å². The largest absolute Gasteiger partial charge is 0.478 e. The van der Waals surface area contributed by atoms with Crippen molar-refractivity contribution >= 4 is 24.4 Å². The Bertz CT molecular complexity index is 715. The van der Waals surface area contributed by atoms with Crippen LogP contribution in [0.5, 0.6) is 0 Å². The zero-order valence-electron chi connectivity index (χ0n) is 11.1. The van der Waals surface area contributed by atoms with Gasteiger partial charge < -0.3 is 5.11 Å². The van der Waals surface area contributed by atoms with E-state index in [1.807, 2.05) is 13.8 Å². The van der Waals surface area contributed by atoms with Gasteiger partial charge in [-0.3, -0.25) is 5.10 Å². The van der Waals surface area contributed by atoms with Crippen LogP contribution in [-0.2, 0) is 0 Å². The summed E-state index contributed by atoms with van der Waals surface area (Å²) in [7, 11) is 0. The van der Waals surface area contributed by atoms with Crippen LogP contribution in [-0.4, -0.2) is 32.2 Å². The monoisotopic (exact) mass is 290 g/mol. The number of carboxylic acid groups (broad SMARTS) is 1. The molecule has 0 radical (unpaired) electrons. The molecule has 0 amide bonds. The minimum Gasteiger partial charge on any atom is -0.478 e. The highest BCUT2D eigenvalue weighted by Gasteiger charge is 2.10.